The van der Waals surface area contributed by atoms with Gasteiger partial charge in [-0.1, -0.05) is 51.8 Å². The molecule has 1 aromatic heterocycles. The van der Waals surface area contributed by atoms with Gasteiger partial charge in [0.15, 0.2) is 0 Å². The first-order valence-electron chi connectivity index (χ1n) is 9.97. The van der Waals surface area contributed by atoms with E-state index in [9.17, 15) is 8.78 Å². The van der Waals surface area contributed by atoms with Crippen LogP contribution in [0.5, 0.6) is 0 Å². The first-order valence-corrected chi connectivity index (χ1v) is 10.3. The standard InChI is InChI=1S/C22H30ClF2N3/c1-5-18-19(12-7-6-9-15(2)3)27-21(23)28-20(18)26-14-16-10-8-11-17(13-16)22(4,24)25/h8,10-11,13,15H,5-7,9,12,14H2,1-4H3,(H,26,27,28). The fourth-order valence-corrected chi connectivity index (χ4v) is 3.40. The van der Waals surface area contributed by atoms with Crippen LogP contribution in [0.15, 0.2) is 24.3 Å². The SMILES string of the molecule is CCc1c(CCCCC(C)C)nc(Cl)nc1NCc1cccc(C(C)(F)F)c1. The number of rotatable bonds is 10. The third kappa shape index (κ3) is 6.69. The Morgan fingerprint density at radius 2 is 1.93 bits per heavy atom. The zero-order valence-corrected chi connectivity index (χ0v) is 17.9. The second-order valence-electron chi connectivity index (χ2n) is 7.70. The van der Waals surface area contributed by atoms with Crippen molar-refractivity contribution in [1.82, 2.24) is 9.97 Å². The summed E-state index contributed by atoms with van der Waals surface area (Å²) in [6, 6.07) is 6.44. The van der Waals surface area contributed by atoms with Gasteiger partial charge in [-0.25, -0.2) is 18.7 Å². The molecular weight excluding hydrogens is 380 g/mol. The summed E-state index contributed by atoms with van der Waals surface area (Å²) in [5, 5.41) is 3.48. The fraction of sp³-hybridized carbons (Fsp3) is 0.545. The molecule has 0 aliphatic heterocycles. The molecule has 0 fully saturated rings. The van der Waals surface area contributed by atoms with Crippen LogP contribution in [0.3, 0.4) is 0 Å². The average molecular weight is 410 g/mol. The molecule has 28 heavy (non-hydrogen) atoms. The number of benzene rings is 1. The van der Waals surface area contributed by atoms with Crippen molar-refractivity contribution in [2.45, 2.75) is 72.3 Å². The van der Waals surface area contributed by atoms with Crippen LogP contribution in [-0.4, -0.2) is 9.97 Å². The normalized spacial score (nSPS) is 11.9. The van der Waals surface area contributed by atoms with Crippen LogP contribution in [0.25, 0.3) is 0 Å². The third-order valence-electron chi connectivity index (χ3n) is 4.76. The number of hydrogen-bond donors (Lipinski definition) is 1. The van der Waals surface area contributed by atoms with Gasteiger partial charge >= 0.3 is 0 Å². The van der Waals surface area contributed by atoms with E-state index in [-0.39, 0.29) is 10.8 Å². The highest BCUT2D eigenvalue weighted by Gasteiger charge is 2.24. The Bertz CT molecular complexity index is 773. The van der Waals surface area contributed by atoms with Crippen molar-refractivity contribution in [3.05, 3.63) is 51.9 Å². The quantitative estimate of drug-likeness (QED) is 0.347. The molecule has 0 amide bonds. The van der Waals surface area contributed by atoms with Crippen LogP contribution in [0, 0.1) is 5.92 Å². The van der Waals surface area contributed by atoms with Crippen molar-refractivity contribution in [3.63, 3.8) is 0 Å². The van der Waals surface area contributed by atoms with Crippen LogP contribution in [0.2, 0.25) is 5.28 Å². The molecule has 1 heterocycles. The smallest absolute Gasteiger partial charge is 0.270 e. The lowest BCUT2D eigenvalue weighted by Gasteiger charge is -2.16. The van der Waals surface area contributed by atoms with Gasteiger partial charge in [-0.15, -0.1) is 0 Å². The summed E-state index contributed by atoms with van der Waals surface area (Å²) in [6.45, 7) is 7.82. The summed E-state index contributed by atoms with van der Waals surface area (Å²) < 4.78 is 27.1. The number of aromatic nitrogens is 2. The van der Waals surface area contributed by atoms with Gasteiger partial charge in [-0.2, -0.15) is 0 Å². The van der Waals surface area contributed by atoms with E-state index in [1.165, 1.54) is 18.6 Å². The number of aryl methyl sites for hydroxylation is 1. The molecule has 0 aliphatic rings. The van der Waals surface area contributed by atoms with Crippen molar-refractivity contribution >= 4 is 17.4 Å². The summed E-state index contributed by atoms with van der Waals surface area (Å²) >= 11 is 6.15. The molecule has 1 aromatic carbocycles. The molecule has 0 unspecified atom stereocenters. The number of hydrogen-bond acceptors (Lipinski definition) is 3. The van der Waals surface area contributed by atoms with Crippen molar-refractivity contribution in [2.24, 2.45) is 5.92 Å². The van der Waals surface area contributed by atoms with Gasteiger partial charge in [0.05, 0.1) is 5.69 Å². The Balaban J connectivity index is 2.12. The molecule has 0 aliphatic carbocycles. The number of unbranched alkanes of at least 4 members (excludes halogenated alkanes) is 1. The second kappa shape index (κ2) is 10.1. The Morgan fingerprint density at radius 1 is 1.18 bits per heavy atom. The van der Waals surface area contributed by atoms with E-state index >= 15 is 0 Å². The number of nitrogens with one attached hydrogen (secondary N) is 1. The van der Waals surface area contributed by atoms with E-state index in [1.54, 1.807) is 6.07 Å². The lowest BCUT2D eigenvalue weighted by Crippen LogP contribution is -2.11. The molecule has 6 heteroatoms. The fourth-order valence-electron chi connectivity index (χ4n) is 3.21. The van der Waals surface area contributed by atoms with Crippen LogP contribution in [0.1, 0.15) is 69.3 Å². The van der Waals surface area contributed by atoms with Crippen molar-refractivity contribution < 1.29 is 8.78 Å². The van der Waals surface area contributed by atoms with E-state index in [0.29, 0.717) is 18.3 Å². The first-order chi connectivity index (χ1) is 13.2. The molecule has 3 nitrogen and oxygen atoms in total. The molecule has 0 spiro atoms. The zero-order valence-electron chi connectivity index (χ0n) is 17.2. The predicted molar refractivity (Wildman–Crippen MR) is 112 cm³/mol. The summed E-state index contributed by atoms with van der Waals surface area (Å²) in [6.07, 6.45) is 5.06. The topological polar surface area (TPSA) is 37.8 Å². The molecular formula is C22H30ClF2N3. The summed E-state index contributed by atoms with van der Waals surface area (Å²) in [4.78, 5) is 8.78. The monoisotopic (exact) mass is 409 g/mol. The van der Waals surface area contributed by atoms with Crippen LogP contribution >= 0.6 is 11.6 Å². The molecule has 2 rings (SSSR count). The lowest BCUT2D eigenvalue weighted by atomic mass is 10.0. The van der Waals surface area contributed by atoms with E-state index in [0.717, 1.165) is 49.4 Å². The Morgan fingerprint density at radius 3 is 2.57 bits per heavy atom. The Labute approximate surface area is 171 Å². The van der Waals surface area contributed by atoms with Gasteiger partial charge in [0, 0.05) is 24.6 Å². The van der Waals surface area contributed by atoms with Gasteiger partial charge in [0.1, 0.15) is 5.82 Å². The third-order valence-corrected chi connectivity index (χ3v) is 4.93. The molecule has 0 atom stereocenters. The minimum Gasteiger partial charge on any atom is -0.366 e. The van der Waals surface area contributed by atoms with E-state index in [4.69, 9.17) is 11.6 Å². The van der Waals surface area contributed by atoms with E-state index < -0.39 is 5.92 Å². The van der Waals surface area contributed by atoms with Crippen molar-refractivity contribution in [2.75, 3.05) is 5.32 Å². The Kier molecular flexibility index (Phi) is 8.17. The van der Waals surface area contributed by atoms with Gasteiger partial charge in [-0.05, 0) is 48.4 Å². The van der Waals surface area contributed by atoms with Crippen molar-refractivity contribution in [1.29, 1.82) is 0 Å². The van der Waals surface area contributed by atoms with Gasteiger partial charge in [0.25, 0.3) is 5.92 Å². The molecule has 0 radical (unpaired) electrons. The van der Waals surface area contributed by atoms with Crippen LogP contribution < -0.4 is 5.32 Å². The van der Waals surface area contributed by atoms with Crippen LogP contribution in [0.4, 0.5) is 14.6 Å². The minimum atomic E-state index is -2.86. The number of halogens is 3. The molecule has 2 aromatic rings. The predicted octanol–water partition coefficient (Wildman–Crippen LogP) is 6.79. The maximum Gasteiger partial charge on any atom is 0.270 e. The molecule has 0 saturated carbocycles. The highest BCUT2D eigenvalue weighted by molar-refractivity contribution is 6.28. The zero-order chi connectivity index (χ0) is 20.7. The summed E-state index contributed by atoms with van der Waals surface area (Å²) in [5.74, 6) is -1.47. The molecule has 0 bridgehead atoms. The second-order valence-corrected chi connectivity index (χ2v) is 8.04. The molecule has 1 N–H and O–H groups in total. The van der Waals surface area contributed by atoms with Gasteiger partial charge in [-0.3, -0.25) is 0 Å². The summed E-state index contributed by atoms with van der Waals surface area (Å²) in [7, 11) is 0. The highest BCUT2D eigenvalue weighted by Crippen LogP contribution is 2.28. The molecule has 0 saturated heterocycles. The molecule has 154 valence electrons. The maximum absolute atomic E-state index is 13.6. The number of nitrogens with zero attached hydrogens (tertiary/aromatic N) is 2. The van der Waals surface area contributed by atoms with Crippen molar-refractivity contribution in [3.8, 4) is 0 Å². The highest BCUT2D eigenvalue weighted by atomic mass is 35.5. The largest absolute Gasteiger partial charge is 0.366 e. The summed E-state index contributed by atoms with van der Waals surface area (Å²) in [5.41, 5.74) is 2.80. The van der Waals surface area contributed by atoms with Gasteiger partial charge in [0.2, 0.25) is 5.28 Å². The lowest BCUT2D eigenvalue weighted by molar-refractivity contribution is 0.0174. The van der Waals surface area contributed by atoms with E-state index in [1.807, 2.05) is 6.07 Å². The van der Waals surface area contributed by atoms with Crippen LogP contribution in [-0.2, 0) is 25.3 Å². The van der Waals surface area contributed by atoms with E-state index in [2.05, 4.69) is 36.1 Å². The van der Waals surface area contributed by atoms with Gasteiger partial charge < -0.3 is 5.32 Å². The minimum absolute atomic E-state index is 0.00840. The Hall–Kier alpha value is -1.75. The average Bonchev–Trinajstić information content (AvgIpc) is 2.62. The first kappa shape index (κ1) is 22.5. The number of anilines is 1. The maximum atomic E-state index is 13.6. The number of alkyl halides is 2.